The molecule has 0 heterocycles. The lowest BCUT2D eigenvalue weighted by molar-refractivity contribution is -0.156. The van der Waals surface area contributed by atoms with Crippen molar-refractivity contribution in [1.29, 1.82) is 0 Å². The maximum Gasteiger partial charge on any atom is 0.329 e. The number of ether oxygens (including phenoxy) is 1. The predicted molar refractivity (Wildman–Crippen MR) is 122 cm³/mol. The van der Waals surface area contributed by atoms with E-state index in [-0.39, 0.29) is 17.2 Å². The van der Waals surface area contributed by atoms with Crippen molar-refractivity contribution in [2.24, 2.45) is 5.92 Å². The Morgan fingerprint density at radius 2 is 1.45 bits per heavy atom. The normalized spacial score (nSPS) is 13.3. The van der Waals surface area contributed by atoms with Crippen LogP contribution in [0.15, 0.2) is 54.6 Å². The molecule has 6 nitrogen and oxygen atoms in total. The number of rotatable bonds is 7. The summed E-state index contributed by atoms with van der Waals surface area (Å²) in [6, 6.07) is 15.4. The number of hydrogen-bond donors (Lipinski definition) is 2. The molecule has 0 fully saturated rings. The molecule has 2 amide bonds. The molecule has 0 aliphatic carbocycles. The molecule has 2 aromatic carbocycles. The van der Waals surface area contributed by atoms with Crippen molar-refractivity contribution in [1.82, 2.24) is 5.32 Å². The second-order valence-electron chi connectivity index (χ2n) is 8.96. The molecular weight excluding hydrogens is 392 g/mol. The average Bonchev–Trinajstić information content (AvgIpc) is 2.71. The van der Waals surface area contributed by atoms with Gasteiger partial charge in [0.15, 0.2) is 6.10 Å². The Morgan fingerprint density at radius 3 is 1.97 bits per heavy atom. The molecule has 0 unspecified atom stereocenters. The molecule has 0 aliphatic heterocycles. The van der Waals surface area contributed by atoms with Crippen molar-refractivity contribution >= 4 is 23.5 Å². The zero-order valence-electron chi connectivity index (χ0n) is 19.1. The summed E-state index contributed by atoms with van der Waals surface area (Å²) < 4.78 is 5.34. The topological polar surface area (TPSA) is 84.5 Å². The number of nitrogens with one attached hydrogen (secondary N) is 2. The first-order valence-electron chi connectivity index (χ1n) is 10.5. The number of carbonyl (C=O) groups excluding carboxylic acids is 3. The maximum atomic E-state index is 12.7. The second kappa shape index (κ2) is 10.2. The van der Waals surface area contributed by atoms with Crippen LogP contribution in [0.25, 0.3) is 0 Å². The van der Waals surface area contributed by atoms with Crippen molar-refractivity contribution in [2.75, 3.05) is 5.32 Å². The molecule has 0 spiro atoms. The van der Waals surface area contributed by atoms with E-state index in [0.29, 0.717) is 11.3 Å². The van der Waals surface area contributed by atoms with Crippen molar-refractivity contribution < 1.29 is 19.1 Å². The van der Waals surface area contributed by atoms with E-state index in [1.807, 2.05) is 32.0 Å². The molecule has 2 aromatic rings. The average molecular weight is 425 g/mol. The van der Waals surface area contributed by atoms with Crippen LogP contribution in [0.2, 0.25) is 0 Å². The fraction of sp³-hybridized carbons (Fsp3) is 0.400. The third-order valence-electron chi connectivity index (χ3n) is 4.92. The Kier molecular flexibility index (Phi) is 7.97. The minimum atomic E-state index is -1.00. The smallest absolute Gasteiger partial charge is 0.329 e. The van der Waals surface area contributed by atoms with Gasteiger partial charge >= 0.3 is 5.97 Å². The van der Waals surface area contributed by atoms with Crippen LogP contribution in [0.1, 0.15) is 57.5 Å². The molecular formula is C25H32N2O4. The first-order chi connectivity index (χ1) is 14.5. The van der Waals surface area contributed by atoms with Gasteiger partial charge in [-0.25, -0.2) is 4.79 Å². The van der Waals surface area contributed by atoms with Crippen LogP contribution in [-0.4, -0.2) is 29.9 Å². The molecule has 0 aromatic heterocycles. The number of benzene rings is 2. The van der Waals surface area contributed by atoms with Crippen LogP contribution in [0.4, 0.5) is 5.69 Å². The Bertz CT molecular complexity index is 899. The van der Waals surface area contributed by atoms with E-state index < -0.39 is 24.0 Å². The Balaban J connectivity index is 2.01. The summed E-state index contributed by atoms with van der Waals surface area (Å²) in [5.41, 5.74) is 2.17. The number of hydrogen-bond acceptors (Lipinski definition) is 4. The highest BCUT2D eigenvalue weighted by molar-refractivity contribution is 5.98. The maximum absolute atomic E-state index is 12.7. The zero-order valence-corrected chi connectivity index (χ0v) is 19.1. The molecule has 6 heteroatoms. The van der Waals surface area contributed by atoms with Gasteiger partial charge in [-0.1, -0.05) is 65.0 Å². The molecule has 2 N–H and O–H groups in total. The SMILES string of the molecule is CC(C)[C@H](NC(=O)c1ccc(C(C)(C)C)cc1)C(=O)O[C@@H](C)C(=O)Nc1ccccc1. The Labute approximate surface area is 184 Å². The third kappa shape index (κ3) is 6.95. The zero-order chi connectivity index (χ0) is 23.2. The summed E-state index contributed by atoms with van der Waals surface area (Å²) in [5.74, 6) is -1.66. The van der Waals surface area contributed by atoms with Gasteiger partial charge in [0.05, 0.1) is 0 Å². The van der Waals surface area contributed by atoms with E-state index in [1.165, 1.54) is 6.92 Å². The number of amides is 2. The lowest BCUT2D eigenvalue weighted by Gasteiger charge is -2.23. The van der Waals surface area contributed by atoms with Gasteiger partial charge in [0, 0.05) is 11.3 Å². The van der Waals surface area contributed by atoms with E-state index in [9.17, 15) is 14.4 Å². The van der Waals surface area contributed by atoms with E-state index >= 15 is 0 Å². The predicted octanol–water partition coefficient (Wildman–Crippen LogP) is 4.31. The quantitative estimate of drug-likeness (QED) is 0.649. The molecule has 31 heavy (non-hydrogen) atoms. The van der Waals surface area contributed by atoms with E-state index in [2.05, 4.69) is 31.4 Å². The van der Waals surface area contributed by atoms with Crippen molar-refractivity contribution in [2.45, 2.75) is 59.1 Å². The molecule has 2 rings (SSSR count). The van der Waals surface area contributed by atoms with Crippen LogP contribution in [0.5, 0.6) is 0 Å². The molecule has 2 atom stereocenters. The molecule has 0 aliphatic rings. The van der Waals surface area contributed by atoms with Crippen molar-refractivity contribution in [3.05, 3.63) is 65.7 Å². The summed E-state index contributed by atoms with van der Waals surface area (Å²) in [5, 5.41) is 5.44. The van der Waals surface area contributed by atoms with Crippen LogP contribution in [0.3, 0.4) is 0 Å². The van der Waals surface area contributed by atoms with Gasteiger partial charge in [-0.2, -0.15) is 0 Å². The summed E-state index contributed by atoms with van der Waals surface area (Å²) in [7, 11) is 0. The monoisotopic (exact) mass is 424 g/mol. The summed E-state index contributed by atoms with van der Waals surface area (Å²) in [6.45, 7) is 11.4. The molecule has 0 radical (unpaired) electrons. The summed E-state index contributed by atoms with van der Waals surface area (Å²) in [6.07, 6.45) is -1.00. The minimum Gasteiger partial charge on any atom is -0.451 e. The molecule has 0 saturated carbocycles. The van der Waals surface area contributed by atoms with Crippen LogP contribution in [0, 0.1) is 5.92 Å². The number of carbonyl (C=O) groups is 3. The van der Waals surface area contributed by atoms with E-state index in [1.54, 1.807) is 36.4 Å². The molecule has 0 bridgehead atoms. The third-order valence-corrected chi connectivity index (χ3v) is 4.92. The van der Waals surface area contributed by atoms with Crippen LogP contribution in [-0.2, 0) is 19.7 Å². The number of anilines is 1. The van der Waals surface area contributed by atoms with Crippen LogP contribution >= 0.6 is 0 Å². The lowest BCUT2D eigenvalue weighted by Crippen LogP contribution is -2.47. The lowest BCUT2D eigenvalue weighted by atomic mass is 9.86. The van der Waals surface area contributed by atoms with Gasteiger partial charge in [-0.3, -0.25) is 9.59 Å². The van der Waals surface area contributed by atoms with Crippen LogP contribution < -0.4 is 10.6 Å². The summed E-state index contributed by atoms with van der Waals surface area (Å²) >= 11 is 0. The van der Waals surface area contributed by atoms with E-state index in [0.717, 1.165) is 5.56 Å². The first kappa shape index (κ1) is 24.1. The Morgan fingerprint density at radius 1 is 0.871 bits per heavy atom. The summed E-state index contributed by atoms with van der Waals surface area (Å²) in [4.78, 5) is 37.7. The van der Waals surface area contributed by atoms with Crippen molar-refractivity contribution in [3.8, 4) is 0 Å². The van der Waals surface area contributed by atoms with Gasteiger partial charge < -0.3 is 15.4 Å². The molecule has 0 saturated heterocycles. The highest BCUT2D eigenvalue weighted by atomic mass is 16.5. The largest absolute Gasteiger partial charge is 0.451 e. The Hall–Kier alpha value is -3.15. The van der Waals surface area contributed by atoms with Gasteiger partial charge in [-0.15, -0.1) is 0 Å². The second-order valence-corrected chi connectivity index (χ2v) is 8.96. The first-order valence-corrected chi connectivity index (χ1v) is 10.5. The van der Waals surface area contributed by atoms with Gasteiger partial charge in [0.25, 0.3) is 11.8 Å². The van der Waals surface area contributed by atoms with Gasteiger partial charge in [-0.05, 0) is 48.1 Å². The fourth-order valence-electron chi connectivity index (χ4n) is 2.91. The fourth-order valence-corrected chi connectivity index (χ4v) is 2.91. The van der Waals surface area contributed by atoms with E-state index in [4.69, 9.17) is 4.74 Å². The van der Waals surface area contributed by atoms with Gasteiger partial charge in [0.2, 0.25) is 0 Å². The molecule has 166 valence electrons. The number of esters is 1. The van der Waals surface area contributed by atoms with Gasteiger partial charge in [0.1, 0.15) is 6.04 Å². The minimum absolute atomic E-state index is 0.0181. The standard InChI is InChI=1S/C25H32N2O4/c1-16(2)21(27-23(29)18-12-14-19(15-13-18)25(4,5)6)24(30)31-17(3)22(28)26-20-10-8-7-9-11-20/h7-17,21H,1-6H3,(H,26,28)(H,27,29)/t17-,21-/m0/s1. The highest BCUT2D eigenvalue weighted by Gasteiger charge is 2.29. The highest BCUT2D eigenvalue weighted by Crippen LogP contribution is 2.22. The number of para-hydroxylation sites is 1. The van der Waals surface area contributed by atoms with Crippen molar-refractivity contribution in [3.63, 3.8) is 0 Å².